The van der Waals surface area contributed by atoms with Crippen LogP contribution in [0.2, 0.25) is 0 Å². The van der Waals surface area contributed by atoms with Gasteiger partial charge in [0.1, 0.15) is 0 Å². The molecule has 0 radical (unpaired) electrons. The van der Waals surface area contributed by atoms with Crippen LogP contribution < -0.4 is 0 Å². The summed E-state index contributed by atoms with van der Waals surface area (Å²) in [4.78, 5) is 11.9. The third-order valence-electron chi connectivity index (χ3n) is 2.69. The fraction of sp³-hybridized carbons (Fsp3) is 0.364. The number of benzene rings is 1. The molecule has 68 valence electrons. The number of carbonyl (C=O) groups excluding carboxylic acids is 1. The van der Waals surface area contributed by atoms with Crippen LogP contribution in [0.4, 0.5) is 0 Å². The standard InChI is InChI=1S/C11H11BrO/c1-11(7-12)6-8-4-2-3-5-9(8)10(11)13/h2-5H,6-7H2,1H3. The molecular formula is C11H11BrO. The summed E-state index contributed by atoms with van der Waals surface area (Å²) in [7, 11) is 0. The van der Waals surface area contributed by atoms with Crippen molar-refractivity contribution in [3.05, 3.63) is 35.4 Å². The number of ketones is 1. The van der Waals surface area contributed by atoms with Crippen LogP contribution in [0.1, 0.15) is 22.8 Å². The molecule has 2 heteroatoms. The number of Topliss-reactive ketones (excluding diaryl/α,β-unsaturated/α-hetero) is 1. The molecule has 0 heterocycles. The molecule has 0 N–H and O–H groups in total. The van der Waals surface area contributed by atoms with E-state index in [-0.39, 0.29) is 11.2 Å². The minimum absolute atomic E-state index is 0.219. The minimum atomic E-state index is -0.219. The number of fused-ring (bicyclic) bond motifs is 1. The largest absolute Gasteiger partial charge is 0.294 e. The number of rotatable bonds is 1. The van der Waals surface area contributed by atoms with Crippen LogP contribution in [-0.2, 0) is 6.42 Å². The summed E-state index contributed by atoms with van der Waals surface area (Å²) in [5.41, 5.74) is 1.88. The Balaban J connectivity index is 2.50. The van der Waals surface area contributed by atoms with Gasteiger partial charge in [0, 0.05) is 16.3 Å². The van der Waals surface area contributed by atoms with Crippen LogP contribution in [0, 0.1) is 5.41 Å². The maximum absolute atomic E-state index is 11.9. The minimum Gasteiger partial charge on any atom is -0.294 e. The Labute approximate surface area is 86.3 Å². The average Bonchev–Trinajstić information content (AvgIpc) is 2.41. The van der Waals surface area contributed by atoms with Crippen molar-refractivity contribution in [3.63, 3.8) is 0 Å². The Morgan fingerprint density at radius 2 is 2.15 bits per heavy atom. The Morgan fingerprint density at radius 1 is 1.46 bits per heavy atom. The van der Waals surface area contributed by atoms with E-state index >= 15 is 0 Å². The van der Waals surface area contributed by atoms with Crippen molar-refractivity contribution in [1.82, 2.24) is 0 Å². The van der Waals surface area contributed by atoms with Gasteiger partial charge in [0.25, 0.3) is 0 Å². The summed E-state index contributed by atoms with van der Waals surface area (Å²) in [6.07, 6.45) is 0.868. The van der Waals surface area contributed by atoms with Crippen LogP contribution in [0.15, 0.2) is 24.3 Å². The lowest BCUT2D eigenvalue weighted by Crippen LogP contribution is -2.25. The van der Waals surface area contributed by atoms with E-state index in [4.69, 9.17) is 0 Å². The van der Waals surface area contributed by atoms with Crippen molar-refractivity contribution < 1.29 is 4.79 Å². The predicted octanol–water partition coefficient (Wildman–Crippen LogP) is 2.83. The highest BCUT2D eigenvalue weighted by atomic mass is 79.9. The summed E-state index contributed by atoms with van der Waals surface area (Å²) in [5, 5.41) is 0.744. The zero-order chi connectivity index (χ0) is 9.47. The van der Waals surface area contributed by atoms with Crippen molar-refractivity contribution in [2.45, 2.75) is 13.3 Å². The van der Waals surface area contributed by atoms with Gasteiger partial charge < -0.3 is 0 Å². The topological polar surface area (TPSA) is 17.1 Å². The summed E-state index contributed by atoms with van der Waals surface area (Å²) in [6, 6.07) is 7.88. The zero-order valence-corrected chi connectivity index (χ0v) is 9.10. The first-order chi connectivity index (χ1) is 6.17. The Hall–Kier alpha value is -0.630. The predicted molar refractivity (Wildman–Crippen MR) is 56.4 cm³/mol. The number of alkyl halides is 1. The highest BCUT2D eigenvalue weighted by molar-refractivity contribution is 9.09. The van der Waals surface area contributed by atoms with E-state index in [1.807, 2.05) is 31.2 Å². The Morgan fingerprint density at radius 3 is 2.77 bits per heavy atom. The van der Waals surface area contributed by atoms with Gasteiger partial charge in [-0.15, -0.1) is 0 Å². The second-order valence-electron chi connectivity index (χ2n) is 3.86. The molecule has 1 unspecified atom stereocenters. The van der Waals surface area contributed by atoms with Crippen molar-refractivity contribution in [3.8, 4) is 0 Å². The van der Waals surface area contributed by atoms with E-state index < -0.39 is 0 Å². The lowest BCUT2D eigenvalue weighted by atomic mass is 9.89. The van der Waals surface area contributed by atoms with E-state index in [0.29, 0.717) is 0 Å². The van der Waals surface area contributed by atoms with Crippen molar-refractivity contribution in [1.29, 1.82) is 0 Å². The van der Waals surface area contributed by atoms with Gasteiger partial charge >= 0.3 is 0 Å². The van der Waals surface area contributed by atoms with Gasteiger partial charge in [-0.1, -0.05) is 47.1 Å². The zero-order valence-electron chi connectivity index (χ0n) is 7.51. The summed E-state index contributed by atoms with van der Waals surface area (Å²) < 4.78 is 0. The number of carbonyl (C=O) groups is 1. The molecule has 0 saturated heterocycles. The van der Waals surface area contributed by atoms with Crippen LogP contribution in [0.25, 0.3) is 0 Å². The van der Waals surface area contributed by atoms with Crippen molar-refractivity contribution >= 4 is 21.7 Å². The second-order valence-corrected chi connectivity index (χ2v) is 4.42. The van der Waals surface area contributed by atoms with Gasteiger partial charge in [-0.3, -0.25) is 4.79 Å². The fourth-order valence-electron chi connectivity index (χ4n) is 1.83. The lowest BCUT2D eigenvalue weighted by molar-refractivity contribution is 0.0870. The normalized spacial score (nSPS) is 26.2. The third-order valence-corrected chi connectivity index (χ3v) is 3.92. The number of hydrogen-bond donors (Lipinski definition) is 0. The van der Waals surface area contributed by atoms with Crippen LogP contribution >= 0.6 is 15.9 Å². The van der Waals surface area contributed by atoms with E-state index in [2.05, 4.69) is 15.9 Å². The molecule has 1 aromatic rings. The molecule has 0 fully saturated rings. The Bertz CT molecular complexity index is 359. The van der Waals surface area contributed by atoms with Gasteiger partial charge in [-0.25, -0.2) is 0 Å². The monoisotopic (exact) mass is 238 g/mol. The first-order valence-corrected chi connectivity index (χ1v) is 5.48. The van der Waals surface area contributed by atoms with Crippen LogP contribution in [0.5, 0.6) is 0 Å². The maximum atomic E-state index is 11.9. The molecule has 0 spiro atoms. The Kier molecular flexibility index (Phi) is 2.03. The van der Waals surface area contributed by atoms with E-state index in [1.54, 1.807) is 0 Å². The molecule has 1 aliphatic carbocycles. The van der Waals surface area contributed by atoms with E-state index in [1.165, 1.54) is 5.56 Å². The lowest BCUT2D eigenvalue weighted by Gasteiger charge is -2.17. The molecular weight excluding hydrogens is 228 g/mol. The average molecular weight is 239 g/mol. The van der Waals surface area contributed by atoms with Gasteiger partial charge in [0.15, 0.2) is 5.78 Å². The highest BCUT2D eigenvalue weighted by Crippen LogP contribution is 2.37. The van der Waals surface area contributed by atoms with E-state index in [0.717, 1.165) is 17.3 Å². The van der Waals surface area contributed by atoms with Gasteiger partial charge in [0.2, 0.25) is 0 Å². The SMILES string of the molecule is CC1(CBr)Cc2ccccc2C1=O. The van der Waals surface area contributed by atoms with Crippen molar-refractivity contribution in [2.24, 2.45) is 5.41 Å². The number of hydrogen-bond acceptors (Lipinski definition) is 1. The molecule has 0 amide bonds. The highest BCUT2D eigenvalue weighted by Gasteiger charge is 2.40. The molecule has 0 aliphatic heterocycles. The van der Waals surface area contributed by atoms with Gasteiger partial charge in [-0.05, 0) is 12.0 Å². The molecule has 1 atom stereocenters. The molecule has 1 aromatic carbocycles. The maximum Gasteiger partial charge on any atom is 0.170 e. The van der Waals surface area contributed by atoms with E-state index in [9.17, 15) is 4.79 Å². The molecule has 1 aliphatic rings. The van der Waals surface area contributed by atoms with Crippen molar-refractivity contribution in [2.75, 3.05) is 5.33 Å². The summed E-state index contributed by atoms with van der Waals surface area (Å²) >= 11 is 3.41. The van der Waals surface area contributed by atoms with Crippen LogP contribution in [0.3, 0.4) is 0 Å². The summed E-state index contributed by atoms with van der Waals surface area (Å²) in [6.45, 7) is 2.02. The fourth-order valence-corrected chi connectivity index (χ4v) is 2.28. The first-order valence-electron chi connectivity index (χ1n) is 4.36. The molecule has 0 bridgehead atoms. The molecule has 2 rings (SSSR count). The number of halogens is 1. The van der Waals surface area contributed by atoms with Crippen LogP contribution in [-0.4, -0.2) is 11.1 Å². The second kappa shape index (κ2) is 2.95. The molecule has 1 nitrogen and oxygen atoms in total. The molecule has 0 aromatic heterocycles. The quantitative estimate of drug-likeness (QED) is 0.688. The first kappa shape index (κ1) is 8.95. The molecule has 0 saturated carbocycles. The smallest absolute Gasteiger partial charge is 0.170 e. The molecule has 13 heavy (non-hydrogen) atoms. The third kappa shape index (κ3) is 1.24. The van der Waals surface area contributed by atoms with Gasteiger partial charge in [0.05, 0.1) is 0 Å². The summed E-state index contributed by atoms with van der Waals surface area (Å²) in [5.74, 6) is 0.278. The van der Waals surface area contributed by atoms with Gasteiger partial charge in [-0.2, -0.15) is 0 Å².